The van der Waals surface area contributed by atoms with Crippen LogP contribution < -0.4 is 10.3 Å². The Morgan fingerprint density at radius 3 is 2.46 bits per heavy atom. The van der Waals surface area contributed by atoms with E-state index in [1.165, 1.54) is 0 Å². The molecule has 1 aliphatic heterocycles. The predicted octanol–water partition coefficient (Wildman–Crippen LogP) is 3.09. The molecular weight excluding hydrogens is 300 g/mol. The van der Waals surface area contributed by atoms with Crippen LogP contribution in [0.5, 0.6) is 5.75 Å². The zero-order valence-electron chi connectivity index (χ0n) is 14.6. The lowest BCUT2D eigenvalue weighted by atomic mass is 9.93. The van der Waals surface area contributed by atoms with Crippen molar-refractivity contribution in [3.8, 4) is 5.75 Å². The average molecular weight is 326 g/mol. The fourth-order valence-corrected chi connectivity index (χ4v) is 3.21. The van der Waals surface area contributed by atoms with Gasteiger partial charge in [0.25, 0.3) is 5.56 Å². The predicted molar refractivity (Wildman–Crippen MR) is 96.6 cm³/mol. The summed E-state index contributed by atoms with van der Waals surface area (Å²) >= 11 is 0. The summed E-state index contributed by atoms with van der Waals surface area (Å²) < 4.78 is 8.02. The zero-order chi connectivity index (χ0) is 17.0. The molecule has 1 aromatic carbocycles. The lowest BCUT2D eigenvalue weighted by Crippen LogP contribution is -2.47. The first-order valence-electron chi connectivity index (χ1n) is 8.68. The van der Waals surface area contributed by atoms with Gasteiger partial charge in [0.05, 0.1) is 0 Å². The van der Waals surface area contributed by atoms with Gasteiger partial charge in [-0.05, 0) is 44.9 Å². The minimum atomic E-state index is -0.0992. The van der Waals surface area contributed by atoms with Crippen LogP contribution in [0.4, 0.5) is 0 Å². The number of aromatic nitrogens is 1. The summed E-state index contributed by atoms with van der Waals surface area (Å²) in [6.07, 6.45) is 3.89. The van der Waals surface area contributed by atoms with Gasteiger partial charge in [0.2, 0.25) is 0 Å². The average Bonchev–Trinajstić information content (AvgIpc) is 2.58. The number of piperidine rings is 1. The second kappa shape index (κ2) is 7.22. The van der Waals surface area contributed by atoms with Gasteiger partial charge in [-0.2, -0.15) is 0 Å². The van der Waals surface area contributed by atoms with Gasteiger partial charge < -0.3 is 14.2 Å². The molecule has 4 nitrogen and oxygen atoms in total. The second-order valence-electron chi connectivity index (χ2n) is 6.90. The molecule has 0 unspecified atom stereocenters. The van der Waals surface area contributed by atoms with Gasteiger partial charge in [-0.15, -0.1) is 0 Å². The van der Waals surface area contributed by atoms with Gasteiger partial charge in [0, 0.05) is 37.9 Å². The highest BCUT2D eigenvalue weighted by atomic mass is 16.5. The maximum atomic E-state index is 12.1. The molecule has 0 amide bonds. The molecule has 0 spiro atoms. The van der Waals surface area contributed by atoms with E-state index in [4.69, 9.17) is 4.74 Å². The molecule has 4 heteroatoms. The van der Waals surface area contributed by atoms with Crippen LogP contribution in [0, 0.1) is 6.92 Å². The van der Waals surface area contributed by atoms with Crippen LogP contribution in [0.15, 0.2) is 53.5 Å². The van der Waals surface area contributed by atoms with E-state index in [1.807, 2.05) is 60.2 Å². The van der Waals surface area contributed by atoms with E-state index in [9.17, 15) is 4.79 Å². The number of benzene rings is 1. The van der Waals surface area contributed by atoms with Crippen LogP contribution in [0.2, 0.25) is 0 Å². The summed E-state index contributed by atoms with van der Waals surface area (Å²) in [4.78, 5) is 14.5. The van der Waals surface area contributed by atoms with E-state index in [1.54, 1.807) is 0 Å². The fraction of sp³-hybridized carbons (Fsp3) is 0.450. The Hall–Kier alpha value is -2.07. The van der Waals surface area contributed by atoms with Crippen molar-refractivity contribution in [1.29, 1.82) is 0 Å². The lowest BCUT2D eigenvalue weighted by Gasteiger charge is -2.39. The number of para-hydroxylation sites is 1. The minimum absolute atomic E-state index is 0.0992. The molecule has 128 valence electrons. The number of pyridine rings is 1. The van der Waals surface area contributed by atoms with E-state index in [0.29, 0.717) is 0 Å². The van der Waals surface area contributed by atoms with Crippen molar-refractivity contribution in [2.24, 2.45) is 0 Å². The second-order valence-corrected chi connectivity index (χ2v) is 6.90. The van der Waals surface area contributed by atoms with E-state index >= 15 is 0 Å². The van der Waals surface area contributed by atoms with Gasteiger partial charge in [0.1, 0.15) is 11.4 Å². The van der Waals surface area contributed by atoms with Crippen LogP contribution in [0.3, 0.4) is 0 Å². The molecule has 0 bridgehead atoms. The van der Waals surface area contributed by atoms with Crippen molar-refractivity contribution in [1.82, 2.24) is 9.47 Å². The molecule has 0 atom stereocenters. The number of rotatable bonds is 5. The van der Waals surface area contributed by atoms with Crippen molar-refractivity contribution >= 4 is 0 Å². The molecule has 0 aliphatic carbocycles. The summed E-state index contributed by atoms with van der Waals surface area (Å²) in [5.74, 6) is 0.944. The molecule has 0 saturated carbocycles. The first-order valence-corrected chi connectivity index (χ1v) is 8.68. The number of nitrogens with zero attached hydrogens (tertiary/aromatic N) is 2. The van der Waals surface area contributed by atoms with Crippen LogP contribution in [0.25, 0.3) is 0 Å². The van der Waals surface area contributed by atoms with E-state index in [2.05, 4.69) is 11.8 Å². The molecule has 1 aliphatic rings. The Balaban J connectivity index is 1.52. The van der Waals surface area contributed by atoms with Crippen LogP contribution in [0.1, 0.15) is 25.3 Å². The smallest absolute Gasteiger partial charge is 0.253 e. The Bertz CT molecular complexity index is 716. The summed E-state index contributed by atoms with van der Waals surface area (Å²) in [5, 5.41) is 0. The summed E-state index contributed by atoms with van der Waals surface area (Å²) in [7, 11) is 0. The molecule has 2 heterocycles. The molecular formula is C20H26N2O2. The Labute approximate surface area is 143 Å². The summed E-state index contributed by atoms with van der Waals surface area (Å²) in [6, 6.07) is 13.9. The largest absolute Gasteiger partial charge is 0.487 e. The van der Waals surface area contributed by atoms with Crippen LogP contribution in [-0.4, -0.2) is 34.7 Å². The zero-order valence-corrected chi connectivity index (χ0v) is 14.6. The van der Waals surface area contributed by atoms with E-state index in [0.717, 1.165) is 50.3 Å². The highest BCUT2D eigenvalue weighted by Crippen LogP contribution is 2.28. The first-order chi connectivity index (χ1) is 11.6. The van der Waals surface area contributed by atoms with Gasteiger partial charge in [-0.1, -0.05) is 24.3 Å². The highest BCUT2D eigenvalue weighted by molar-refractivity contribution is 5.22. The van der Waals surface area contributed by atoms with Crippen molar-refractivity contribution in [3.63, 3.8) is 0 Å². The summed E-state index contributed by atoms with van der Waals surface area (Å²) in [6.45, 7) is 7.73. The van der Waals surface area contributed by atoms with Crippen LogP contribution in [-0.2, 0) is 6.54 Å². The first kappa shape index (κ1) is 16.8. The van der Waals surface area contributed by atoms with E-state index in [-0.39, 0.29) is 11.2 Å². The minimum Gasteiger partial charge on any atom is -0.487 e. The Morgan fingerprint density at radius 1 is 1.04 bits per heavy atom. The van der Waals surface area contributed by atoms with Crippen LogP contribution >= 0.6 is 0 Å². The third-order valence-electron chi connectivity index (χ3n) is 4.89. The van der Waals surface area contributed by atoms with Gasteiger partial charge in [-0.25, -0.2) is 0 Å². The lowest BCUT2D eigenvalue weighted by molar-refractivity contribution is 0.0158. The number of aryl methyl sites for hydroxylation is 1. The normalized spacial score (nSPS) is 17.6. The fourth-order valence-electron chi connectivity index (χ4n) is 3.21. The van der Waals surface area contributed by atoms with Gasteiger partial charge in [-0.3, -0.25) is 4.79 Å². The molecule has 0 N–H and O–H groups in total. The van der Waals surface area contributed by atoms with Crippen molar-refractivity contribution in [2.75, 3.05) is 19.6 Å². The number of ether oxygens (including phenoxy) is 1. The SMILES string of the molecule is Cc1cccn(CCN2CCC(C)(Oc3ccccc3)CC2)c1=O. The third-order valence-corrected chi connectivity index (χ3v) is 4.89. The Morgan fingerprint density at radius 2 is 1.75 bits per heavy atom. The summed E-state index contributed by atoms with van der Waals surface area (Å²) in [5.41, 5.74) is 0.824. The van der Waals surface area contributed by atoms with Crippen molar-refractivity contribution < 1.29 is 4.74 Å². The van der Waals surface area contributed by atoms with Gasteiger partial charge in [0.15, 0.2) is 0 Å². The quantitative estimate of drug-likeness (QED) is 0.847. The monoisotopic (exact) mass is 326 g/mol. The number of hydrogen-bond donors (Lipinski definition) is 0. The third kappa shape index (κ3) is 4.06. The molecule has 1 saturated heterocycles. The molecule has 24 heavy (non-hydrogen) atoms. The molecule has 2 aromatic rings. The maximum Gasteiger partial charge on any atom is 0.253 e. The molecule has 1 aromatic heterocycles. The van der Waals surface area contributed by atoms with Crippen molar-refractivity contribution in [3.05, 3.63) is 64.6 Å². The van der Waals surface area contributed by atoms with Gasteiger partial charge >= 0.3 is 0 Å². The maximum absolute atomic E-state index is 12.1. The molecule has 0 radical (unpaired) electrons. The standard InChI is InChI=1S/C20H26N2O2/c1-17-7-6-12-22(19(17)23)16-15-21-13-10-20(2,11-14-21)24-18-8-4-3-5-9-18/h3-9,12H,10-11,13-16H2,1-2H3. The number of likely N-dealkylation sites (tertiary alicyclic amines) is 1. The number of hydrogen-bond acceptors (Lipinski definition) is 3. The topological polar surface area (TPSA) is 34.5 Å². The van der Waals surface area contributed by atoms with E-state index < -0.39 is 0 Å². The van der Waals surface area contributed by atoms with Crippen molar-refractivity contribution in [2.45, 2.75) is 38.8 Å². The highest BCUT2D eigenvalue weighted by Gasteiger charge is 2.31. The molecule has 1 fully saturated rings. The Kier molecular flexibility index (Phi) is 5.05. The molecule has 3 rings (SSSR count).